The van der Waals surface area contributed by atoms with Gasteiger partial charge in [0.05, 0.1) is 33.0 Å². The van der Waals surface area contributed by atoms with E-state index in [1.165, 1.54) is 56.5 Å². The average molecular weight is 891 g/mol. The number of unbranched alkanes of at least 4 members (excludes halogenated alkanes) is 3. The number of halogens is 1. The van der Waals surface area contributed by atoms with Gasteiger partial charge in [0, 0.05) is 29.2 Å². The number of carbonyl (C=O) groups excluding carboxylic acids is 5. The lowest BCUT2D eigenvalue weighted by molar-refractivity contribution is -0.757. The maximum atomic E-state index is 17.8. The summed E-state index contributed by atoms with van der Waals surface area (Å²) in [5, 5.41) is 42.6. The molecule has 21 heteroatoms. The molecule has 8 atom stereocenters. The summed E-state index contributed by atoms with van der Waals surface area (Å²) in [6.07, 6.45) is 2.44. The van der Waals surface area contributed by atoms with Crippen molar-refractivity contribution >= 4 is 35.7 Å². The second kappa shape index (κ2) is 20.0. The number of aliphatic hydroxyl groups is 2. The summed E-state index contributed by atoms with van der Waals surface area (Å²) in [6, 6.07) is 4.19. The Kier molecular flexibility index (Phi) is 15.3. The Balaban J connectivity index is 1.31. The molecular weight excluding hydrogens is 839 g/mol. The molecule has 1 aromatic carbocycles. The van der Waals surface area contributed by atoms with Gasteiger partial charge in [-0.2, -0.15) is 0 Å². The van der Waals surface area contributed by atoms with Crippen LogP contribution in [0.25, 0.3) is 6.08 Å². The zero-order chi connectivity index (χ0) is 46.2. The molecule has 0 spiro atoms. The van der Waals surface area contributed by atoms with Crippen LogP contribution in [0.1, 0.15) is 83.6 Å². The van der Waals surface area contributed by atoms with Gasteiger partial charge in [0.25, 0.3) is 10.2 Å². The van der Waals surface area contributed by atoms with Crippen molar-refractivity contribution in [3.8, 4) is 11.5 Å². The summed E-state index contributed by atoms with van der Waals surface area (Å²) in [6.45, 7) is 1.70. The average Bonchev–Trinajstić information content (AvgIpc) is 3.44. The Morgan fingerprint density at radius 3 is 2.29 bits per heavy atom. The van der Waals surface area contributed by atoms with Crippen molar-refractivity contribution in [1.82, 2.24) is 0 Å². The van der Waals surface area contributed by atoms with Gasteiger partial charge in [0.2, 0.25) is 11.4 Å². The molecule has 0 heterocycles. The van der Waals surface area contributed by atoms with Crippen LogP contribution in [0, 0.1) is 42.9 Å². The van der Waals surface area contributed by atoms with E-state index in [4.69, 9.17) is 23.7 Å². The summed E-state index contributed by atoms with van der Waals surface area (Å²) in [5.41, 5.74) is -6.86. The van der Waals surface area contributed by atoms with E-state index in [0.717, 1.165) is 6.08 Å². The maximum absolute atomic E-state index is 17.8. The van der Waals surface area contributed by atoms with Crippen LogP contribution >= 0.6 is 0 Å². The standard InChI is InChI=1S/C42H51FN2O18/c1-39-17-16-28(46)22-27(39)12-13-29-30-23-33(47)42(40(30,2)24-34(48)41(29,39)43,63-37(51)9-5-4-6-19-60-44(53)54)35(49)25-59-38(52)62-31-14-10-26(21-32(31)57-3)11-15-36(50)58-18-7-8-20-61-45(55)56/h10-11,14-17,21-22,29-30,33-34,47-48H,4-9,12-13,18-20,23-25H2,1-3H3/b15-11+/t29?,30?,33-,34+,39+,40+,41+,42+/m1/s1. The Bertz CT molecular complexity index is 2040. The van der Waals surface area contributed by atoms with E-state index in [9.17, 15) is 54.4 Å². The van der Waals surface area contributed by atoms with E-state index in [2.05, 4.69) is 9.68 Å². The SMILES string of the molecule is COc1cc(/C=C/C(=O)OCCCCO[N+](=O)[O-])ccc1OC(=O)OCC(=O)[C@@]1(OC(=O)CCCCCO[N+](=O)[O-])[C@H](O)CC2C3CCC4=CC(=O)C=C[C@]4(C)[C@@]3(F)[C@@H](O)C[C@@]21C. The van der Waals surface area contributed by atoms with E-state index in [1.54, 1.807) is 6.92 Å². The molecular formula is C42H51FN2O18. The fraction of sp³-hybridized carbons (Fsp3) is 0.595. The number of allylic oxidation sites excluding steroid dienone is 4. The summed E-state index contributed by atoms with van der Waals surface area (Å²) in [4.78, 5) is 94.7. The molecule has 5 rings (SSSR count). The zero-order valence-corrected chi connectivity index (χ0v) is 35.0. The number of ketones is 2. The number of rotatable bonds is 21. The molecule has 0 saturated heterocycles. The number of esters is 2. The van der Waals surface area contributed by atoms with Gasteiger partial charge in [-0.05, 0) is 100 Å². The highest BCUT2D eigenvalue weighted by Gasteiger charge is 2.78. The minimum atomic E-state index is -2.44. The van der Waals surface area contributed by atoms with Gasteiger partial charge in [-0.25, -0.2) is 14.0 Å². The first kappa shape index (κ1) is 48.1. The van der Waals surface area contributed by atoms with Crippen molar-refractivity contribution in [2.75, 3.05) is 33.5 Å². The number of benzene rings is 1. The Morgan fingerprint density at radius 2 is 1.60 bits per heavy atom. The number of carbonyl (C=O) groups is 5. The molecule has 344 valence electrons. The number of alkyl halides is 1. The van der Waals surface area contributed by atoms with E-state index in [1.807, 2.05) is 0 Å². The number of Topliss-reactive ketones (excluding diaryl/α,β-unsaturated/α-hetero) is 1. The fourth-order valence-electron chi connectivity index (χ4n) is 9.82. The van der Waals surface area contributed by atoms with Gasteiger partial charge < -0.3 is 43.6 Å². The maximum Gasteiger partial charge on any atom is 0.514 e. The van der Waals surface area contributed by atoms with Crippen molar-refractivity contribution in [3.05, 3.63) is 73.9 Å². The summed E-state index contributed by atoms with van der Waals surface area (Å²) < 4.78 is 44.7. The molecule has 2 N–H and O–H groups in total. The second-order valence-corrected chi connectivity index (χ2v) is 16.3. The minimum Gasteiger partial charge on any atom is -0.493 e. The Morgan fingerprint density at radius 1 is 0.921 bits per heavy atom. The molecule has 0 aromatic heterocycles. The van der Waals surface area contributed by atoms with Crippen LogP contribution in [0.15, 0.2) is 48.1 Å². The van der Waals surface area contributed by atoms with Crippen LogP contribution in [0.2, 0.25) is 0 Å². The molecule has 1 aromatic rings. The number of ether oxygens (including phenoxy) is 5. The molecule has 2 unspecified atom stereocenters. The molecule has 3 fully saturated rings. The van der Waals surface area contributed by atoms with Crippen molar-refractivity contribution in [2.45, 2.75) is 102 Å². The summed E-state index contributed by atoms with van der Waals surface area (Å²) in [7, 11) is 1.27. The Labute approximate surface area is 360 Å². The molecule has 0 radical (unpaired) electrons. The number of hydrogen-bond donors (Lipinski definition) is 2. The number of hydrogen-bond acceptors (Lipinski definition) is 18. The first-order valence-electron chi connectivity index (χ1n) is 20.5. The van der Waals surface area contributed by atoms with Gasteiger partial charge in [-0.3, -0.25) is 14.4 Å². The first-order chi connectivity index (χ1) is 29.8. The number of nitrogens with zero attached hydrogens (tertiary/aromatic N) is 2. The predicted molar refractivity (Wildman–Crippen MR) is 212 cm³/mol. The van der Waals surface area contributed by atoms with Crippen LogP contribution in [0.5, 0.6) is 11.5 Å². The van der Waals surface area contributed by atoms with Crippen molar-refractivity contribution in [3.63, 3.8) is 0 Å². The normalized spacial score (nSPS) is 29.3. The van der Waals surface area contributed by atoms with Crippen LogP contribution in [0.3, 0.4) is 0 Å². The molecule has 4 aliphatic carbocycles. The molecule has 3 saturated carbocycles. The highest BCUT2D eigenvalue weighted by atomic mass is 19.1. The van der Waals surface area contributed by atoms with Gasteiger partial charge in [0.1, 0.15) is 6.10 Å². The lowest BCUT2D eigenvalue weighted by atomic mass is 9.44. The summed E-state index contributed by atoms with van der Waals surface area (Å²) in [5.74, 6) is -4.97. The van der Waals surface area contributed by atoms with E-state index >= 15 is 4.39 Å². The van der Waals surface area contributed by atoms with Crippen LogP contribution in [-0.2, 0) is 43.1 Å². The van der Waals surface area contributed by atoms with E-state index in [0.29, 0.717) is 30.4 Å². The van der Waals surface area contributed by atoms with E-state index in [-0.39, 0.29) is 75.6 Å². The van der Waals surface area contributed by atoms with Gasteiger partial charge in [0.15, 0.2) is 29.6 Å². The lowest BCUT2D eigenvalue weighted by Crippen LogP contribution is -2.70. The van der Waals surface area contributed by atoms with Crippen molar-refractivity contribution < 1.29 is 82.1 Å². The quantitative estimate of drug-likeness (QED) is 0.0321. The molecule has 4 aliphatic rings. The third kappa shape index (κ3) is 9.98. The molecule has 63 heavy (non-hydrogen) atoms. The predicted octanol–water partition coefficient (Wildman–Crippen LogP) is 4.72. The zero-order valence-electron chi connectivity index (χ0n) is 35.0. The summed E-state index contributed by atoms with van der Waals surface area (Å²) >= 11 is 0. The topological polar surface area (TPSA) is 277 Å². The smallest absolute Gasteiger partial charge is 0.493 e. The van der Waals surface area contributed by atoms with Crippen molar-refractivity contribution in [1.29, 1.82) is 0 Å². The van der Waals surface area contributed by atoms with Gasteiger partial charge >= 0.3 is 18.1 Å². The Hall–Kier alpha value is -5.96. The van der Waals surface area contributed by atoms with Crippen LogP contribution in [0.4, 0.5) is 9.18 Å². The molecule has 20 nitrogen and oxygen atoms in total. The number of aliphatic hydroxyl groups excluding tert-OH is 2. The largest absolute Gasteiger partial charge is 0.514 e. The third-order valence-electron chi connectivity index (χ3n) is 12.8. The number of methoxy groups -OCH3 is 1. The minimum absolute atomic E-state index is 0.000399. The molecule has 0 aliphatic heterocycles. The highest BCUT2D eigenvalue weighted by Crippen LogP contribution is 2.70. The van der Waals surface area contributed by atoms with Gasteiger partial charge in [-0.15, -0.1) is 20.2 Å². The molecule has 0 amide bonds. The monoisotopic (exact) mass is 890 g/mol. The number of fused-ring (bicyclic) bond motifs is 5. The third-order valence-corrected chi connectivity index (χ3v) is 12.8. The van der Waals surface area contributed by atoms with Crippen LogP contribution < -0.4 is 9.47 Å². The van der Waals surface area contributed by atoms with Crippen molar-refractivity contribution in [2.24, 2.45) is 22.7 Å². The lowest BCUT2D eigenvalue weighted by Gasteiger charge is -2.62. The second-order valence-electron chi connectivity index (χ2n) is 16.3. The molecule has 0 bridgehead atoms. The fourth-order valence-corrected chi connectivity index (χ4v) is 9.82. The van der Waals surface area contributed by atoms with Crippen LogP contribution in [-0.4, -0.2) is 107 Å². The van der Waals surface area contributed by atoms with Gasteiger partial charge in [-0.1, -0.05) is 31.1 Å². The first-order valence-corrected chi connectivity index (χ1v) is 20.5. The highest BCUT2D eigenvalue weighted by molar-refractivity contribution is 6.01. The van der Waals surface area contributed by atoms with E-state index < -0.39 is 93.2 Å².